The number of carbonyl (C=O) groups is 1. The molecule has 0 aromatic heterocycles. The first-order valence-corrected chi connectivity index (χ1v) is 7.34. The average Bonchev–Trinajstić information content (AvgIpc) is 2.46. The molecule has 102 valence electrons. The number of para-hydroxylation sites is 1. The highest BCUT2D eigenvalue weighted by Crippen LogP contribution is 2.37. The number of hydrogen-bond acceptors (Lipinski definition) is 2. The van der Waals surface area contributed by atoms with Crippen LogP contribution in [-0.2, 0) is 6.42 Å². The summed E-state index contributed by atoms with van der Waals surface area (Å²) in [5, 5.41) is 9.03. The number of carboxylic acids is 1. The lowest BCUT2D eigenvalue weighted by molar-refractivity contribution is 0.0697. The van der Waals surface area contributed by atoms with Crippen molar-refractivity contribution in [2.75, 3.05) is 11.4 Å². The molecule has 0 unspecified atom stereocenters. The topological polar surface area (TPSA) is 40.5 Å². The third kappa shape index (κ3) is 2.31. The molecule has 0 saturated heterocycles. The first-order valence-electron chi connectivity index (χ1n) is 6.55. The van der Waals surface area contributed by atoms with Crippen LogP contribution >= 0.6 is 15.9 Å². The molecule has 2 aromatic carbocycles. The second-order valence-electron chi connectivity index (χ2n) is 4.86. The van der Waals surface area contributed by atoms with Gasteiger partial charge >= 0.3 is 5.97 Å². The van der Waals surface area contributed by atoms with Crippen LogP contribution in [0.1, 0.15) is 22.3 Å². The van der Waals surface area contributed by atoms with Gasteiger partial charge < -0.3 is 10.0 Å². The van der Waals surface area contributed by atoms with Crippen LogP contribution in [0.2, 0.25) is 0 Å². The third-order valence-electron chi connectivity index (χ3n) is 3.60. The first-order chi connectivity index (χ1) is 9.66. The zero-order chi connectivity index (χ0) is 14.1. The fourth-order valence-corrected chi connectivity index (χ4v) is 3.24. The van der Waals surface area contributed by atoms with Crippen molar-refractivity contribution in [2.45, 2.75) is 12.8 Å². The predicted molar refractivity (Wildman–Crippen MR) is 82.9 cm³/mol. The maximum Gasteiger partial charge on any atom is 0.335 e. The molecule has 1 N–H and O–H groups in total. The Morgan fingerprint density at radius 3 is 2.70 bits per heavy atom. The van der Waals surface area contributed by atoms with Crippen LogP contribution in [0.4, 0.5) is 11.4 Å². The van der Waals surface area contributed by atoms with E-state index in [2.05, 4.69) is 39.0 Å². The molecule has 0 atom stereocenters. The van der Waals surface area contributed by atoms with Crippen molar-refractivity contribution in [1.29, 1.82) is 0 Å². The SMILES string of the molecule is O=C(O)c1ccc(N2CCCc3ccccc32)c(Br)c1. The highest BCUT2D eigenvalue weighted by Gasteiger charge is 2.20. The summed E-state index contributed by atoms with van der Waals surface area (Å²) in [5.41, 5.74) is 3.86. The second-order valence-corrected chi connectivity index (χ2v) is 5.71. The smallest absolute Gasteiger partial charge is 0.335 e. The largest absolute Gasteiger partial charge is 0.478 e. The summed E-state index contributed by atoms with van der Waals surface area (Å²) in [6.07, 6.45) is 2.20. The fourth-order valence-electron chi connectivity index (χ4n) is 2.64. The Kier molecular flexibility index (Phi) is 3.49. The Morgan fingerprint density at radius 2 is 1.95 bits per heavy atom. The Labute approximate surface area is 126 Å². The number of rotatable bonds is 2. The standard InChI is InChI=1S/C16H14BrNO2/c17-13-10-12(16(19)20)7-8-15(13)18-9-3-5-11-4-1-2-6-14(11)18/h1-2,4,6-8,10H,3,5,9H2,(H,19,20). The fraction of sp³-hybridized carbons (Fsp3) is 0.188. The highest BCUT2D eigenvalue weighted by molar-refractivity contribution is 9.10. The lowest BCUT2D eigenvalue weighted by Crippen LogP contribution is -2.24. The molecule has 3 rings (SSSR count). The Bertz CT molecular complexity index is 669. The predicted octanol–water partition coefficient (Wildman–Crippen LogP) is 4.23. The molecule has 0 bridgehead atoms. The molecule has 0 fully saturated rings. The third-order valence-corrected chi connectivity index (χ3v) is 4.23. The van der Waals surface area contributed by atoms with Gasteiger partial charge in [0.1, 0.15) is 0 Å². The average molecular weight is 332 g/mol. The minimum absolute atomic E-state index is 0.297. The Morgan fingerprint density at radius 1 is 1.15 bits per heavy atom. The molecule has 0 radical (unpaired) electrons. The van der Waals surface area contributed by atoms with Gasteiger partial charge in [-0.3, -0.25) is 0 Å². The van der Waals surface area contributed by atoms with Gasteiger partial charge in [-0.05, 0) is 58.6 Å². The minimum atomic E-state index is -0.906. The summed E-state index contributed by atoms with van der Waals surface area (Å²) in [6.45, 7) is 0.946. The summed E-state index contributed by atoms with van der Waals surface area (Å²) in [4.78, 5) is 13.2. The van der Waals surface area contributed by atoms with Gasteiger partial charge in [-0.15, -0.1) is 0 Å². The highest BCUT2D eigenvalue weighted by atomic mass is 79.9. The molecule has 1 heterocycles. The zero-order valence-electron chi connectivity index (χ0n) is 10.8. The lowest BCUT2D eigenvalue weighted by atomic mass is 10.0. The van der Waals surface area contributed by atoms with E-state index in [1.165, 1.54) is 11.3 Å². The molecular formula is C16H14BrNO2. The van der Waals surface area contributed by atoms with Gasteiger partial charge in [0.25, 0.3) is 0 Å². The molecule has 0 saturated carbocycles. The van der Waals surface area contributed by atoms with Crippen LogP contribution in [0.3, 0.4) is 0 Å². The van der Waals surface area contributed by atoms with Crippen molar-refractivity contribution < 1.29 is 9.90 Å². The van der Waals surface area contributed by atoms with E-state index in [4.69, 9.17) is 5.11 Å². The van der Waals surface area contributed by atoms with E-state index >= 15 is 0 Å². The number of aryl methyl sites for hydroxylation is 1. The van der Waals surface area contributed by atoms with E-state index in [0.717, 1.165) is 29.5 Å². The van der Waals surface area contributed by atoms with Crippen LogP contribution in [0, 0.1) is 0 Å². The van der Waals surface area contributed by atoms with Gasteiger partial charge in [0, 0.05) is 16.7 Å². The van der Waals surface area contributed by atoms with Crippen molar-refractivity contribution in [3.8, 4) is 0 Å². The summed E-state index contributed by atoms with van der Waals surface area (Å²) in [7, 11) is 0. The normalized spacial score (nSPS) is 13.9. The number of carboxylic acid groups (broad SMARTS) is 1. The number of fused-ring (bicyclic) bond motifs is 1. The molecule has 0 spiro atoms. The van der Waals surface area contributed by atoms with Crippen LogP contribution in [0.5, 0.6) is 0 Å². The zero-order valence-corrected chi connectivity index (χ0v) is 12.4. The van der Waals surface area contributed by atoms with Gasteiger partial charge in [0.05, 0.1) is 11.3 Å². The van der Waals surface area contributed by atoms with Gasteiger partial charge in [-0.2, -0.15) is 0 Å². The van der Waals surface area contributed by atoms with Crippen molar-refractivity contribution in [3.63, 3.8) is 0 Å². The molecule has 0 aliphatic carbocycles. The molecule has 2 aromatic rings. The quantitative estimate of drug-likeness (QED) is 0.895. The number of halogens is 1. The van der Waals surface area contributed by atoms with Crippen molar-refractivity contribution >= 4 is 33.3 Å². The van der Waals surface area contributed by atoms with Crippen molar-refractivity contribution in [2.24, 2.45) is 0 Å². The number of aromatic carboxylic acids is 1. The molecule has 3 nitrogen and oxygen atoms in total. The van der Waals surface area contributed by atoms with E-state index in [0.29, 0.717) is 5.56 Å². The van der Waals surface area contributed by atoms with Crippen molar-refractivity contribution in [1.82, 2.24) is 0 Å². The number of hydrogen-bond donors (Lipinski definition) is 1. The molecule has 1 aliphatic rings. The monoisotopic (exact) mass is 331 g/mol. The van der Waals surface area contributed by atoms with Gasteiger partial charge in [-0.1, -0.05) is 18.2 Å². The number of benzene rings is 2. The maximum absolute atomic E-state index is 11.0. The molecular weight excluding hydrogens is 318 g/mol. The molecule has 4 heteroatoms. The van der Waals surface area contributed by atoms with Gasteiger partial charge in [0.2, 0.25) is 0 Å². The molecule has 0 amide bonds. The Balaban J connectivity index is 2.04. The summed E-state index contributed by atoms with van der Waals surface area (Å²) >= 11 is 3.50. The summed E-state index contributed by atoms with van der Waals surface area (Å²) in [5.74, 6) is -0.906. The van der Waals surface area contributed by atoms with E-state index in [1.807, 2.05) is 12.1 Å². The van der Waals surface area contributed by atoms with Crippen molar-refractivity contribution in [3.05, 3.63) is 58.1 Å². The maximum atomic E-state index is 11.0. The first kappa shape index (κ1) is 13.2. The number of anilines is 2. The molecule has 1 aliphatic heterocycles. The number of nitrogens with zero attached hydrogens (tertiary/aromatic N) is 1. The Hall–Kier alpha value is -1.81. The van der Waals surface area contributed by atoms with Gasteiger partial charge in [-0.25, -0.2) is 4.79 Å². The van der Waals surface area contributed by atoms with Gasteiger partial charge in [0.15, 0.2) is 0 Å². The molecule has 20 heavy (non-hydrogen) atoms. The van der Waals surface area contributed by atoms with Crippen LogP contribution in [0.15, 0.2) is 46.9 Å². The lowest BCUT2D eigenvalue weighted by Gasteiger charge is -2.32. The summed E-state index contributed by atoms with van der Waals surface area (Å²) in [6, 6.07) is 13.6. The second kappa shape index (κ2) is 5.29. The van der Waals surface area contributed by atoms with Crippen LogP contribution in [0.25, 0.3) is 0 Å². The van der Waals surface area contributed by atoms with Crippen LogP contribution in [-0.4, -0.2) is 17.6 Å². The van der Waals surface area contributed by atoms with E-state index in [-0.39, 0.29) is 0 Å². The summed E-state index contributed by atoms with van der Waals surface area (Å²) < 4.78 is 0.814. The van der Waals surface area contributed by atoms with E-state index < -0.39 is 5.97 Å². The van der Waals surface area contributed by atoms with Crippen LogP contribution < -0.4 is 4.90 Å². The van der Waals surface area contributed by atoms with E-state index in [1.54, 1.807) is 12.1 Å². The minimum Gasteiger partial charge on any atom is -0.478 e. The van der Waals surface area contributed by atoms with E-state index in [9.17, 15) is 4.79 Å².